The van der Waals surface area contributed by atoms with Gasteiger partial charge in [-0.15, -0.1) is 11.3 Å². The largest absolute Gasteiger partial charge is 0.468 e. The van der Waals surface area contributed by atoms with Crippen LogP contribution in [-0.4, -0.2) is 36.1 Å². The highest BCUT2D eigenvalue weighted by atomic mass is 32.1. The number of carbonyl (C=O) groups excluding carboxylic acids is 1. The van der Waals surface area contributed by atoms with E-state index in [9.17, 15) is 4.79 Å². The fraction of sp³-hybridized carbons (Fsp3) is 0.444. The monoisotopic (exact) mass is 330 g/mol. The first-order chi connectivity index (χ1) is 11.1. The third-order valence-corrected chi connectivity index (χ3v) is 5.49. The Morgan fingerprint density at radius 3 is 2.57 bits per heavy atom. The summed E-state index contributed by atoms with van der Waals surface area (Å²) in [6.07, 6.45) is 1.57. The number of esters is 1. The van der Waals surface area contributed by atoms with E-state index in [2.05, 4.69) is 15.3 Å². The van der Waals surface area contributed by atoms with Crippen molar-refractivity contribution in [2.24, 2.45) is 0 Å². The molecule has 23 heavy (non-hydrogen) atoms. The molecule has 1 saturated heterocycles. The van der Waals surface area contributed by atoms with Gasteiger partial charge in [0.25, 0.3) is 0 Å². The van der Waals surface area contributed by atoms with E-state index >= 15 is 0 Å². The molecule has 3 rings (SSSR count). The molecule has 0 saturated carbocycles. The first-order valence-electron chi connectivity index (χ1n) is 7.91. The van der Waals surface area contributed by atoms with E-state index in [1.165, 1.54) is 7.11 Å². The van der Waals surface area contributed by atoms with Crippen LogP contribution in [0.15, 0.2) is 35.7 Å². The van der Waals surface area contributed by atoms with Crippen LogP contribution in [0.1, 0.15) is 29.1 Å². The quantitative estimate of drug-likeness (QED) is 0.808. The maximum atomic E-state index is 12.5. The fourth-order valence-corrected chi connectivity index (χ4v) is 3.97. The number of hydrogen-bond donors (Lipinski definition) is 0. The molecular formula is C18H22N2O2S. The third kappa shape index (κ3) is 3.31. The van der Waals surface area contributed by atoms with Gasteiger partial charge in [-0.1, -0.05) is 30.3 Å². The zero-order chi connectivity index (χ0) is 16.3. The van der Waals surface area contributed by atoms with Crippen LogP contribution in [0.5, 0.6) is 0 Å². The Balaban J connectivity index is 1.74. The Bertz CT molecular complexity index is 661. The maximum absolute atomic E-state index is 12.5. The lowest BCUT2D eigenvalue weighted by Gasteiger charge is -2.39. The lowest BCUT2D eigenvalue weighted by molar-refractivity contribution is -0.149. The minimum atomic E-state index is -0.509. The van der Waals surface area contributed by atoms with Crippen molar-refractivity contribution in [3.8, 4) is 0 Å². The average Bonchev–Trinajstić information content (AvgIpc) is 3.00. The molecule has 0 unspecified atom stereocenters. The van der Waals surface area contributed by atoms with E-state index in [1.54, 1.807) is 11.3 Å². The van der Waals surface area contributed by atoms with Crippen molar-refractivity contribution in [2.45, 2.75) is 31.7 Å². The highest BCUT2D eigenvalue weighted by Gasteiger charge is 2.43. The predicted octanol–water partition coefficient (Wildman–Crippen LogP) is 3.16. The number of hydrogen-bond acceptors (Lipinski definition) is 5. The lowest BCUT2D eigenvalue weighted by atomic mass is 9.72. The second-order valence-electron chi connectivity index (χ2n) is 6.07. The molecule has 0 radical (unpaired) electrons. The van der Waals surface area contributed by atoms with Gasteiger partial charge >= 0.3 is 5.97 Å². The van der Waals surface area contributed by atoms with Crippen molar-refractivity contribution in [3.05, 3.63) is 52.0 Å². The normalized spacial score (nSPS) is 17.8. The number of aromatic nitrogens is 1. The molecule has 2 heterocycles. The summed E-state index contributed by atoms with van der Waals surface area (Å²) in [5, 5.41) is 3.22. The number of nitrogens with zero attached hydrogens (tertiary/aromatic N) is 2. The van der Waals surface area contributed by atoms with E-state index in [-0.39, 0.29) is 5.97 Å². The van der Waals surface area contributed by atoms with Gasteiger partial charge in [0.05, 0.1) is 23.2 Å². The second kappa shape index (κ2) is 6.81. The van der Waals surface area contributed by atoms with E-state index < -0.39 is 5.41 Å². The van der Waals surface area contributed by atoms with Crippen molar-refractivity contribution in [1.29, 1.82) is 0 Å². The van der Waals surface area contributed by atoms with Crippen LogP contribution in [0.2, 0.25) is 0 Å². The maximum Gasteiger partial charge on any atom is 0.316 e. The average molecular weight is 330 g/mol. The third-order valence-electron chi connectivity index (χ3n) is 4.66. The summed E-state index contributed by atoms with van der Waals surface area (Å²) < 4.78 is 5.14. The first-order valence-corrected chi connectivity index (χ1v) is 8.79. The summed E-state index contributed by atoms with van der Waals surface area (Å²) in [6.45, 7) is 4.64. The van der Waals surface area contributed by atoms with Crippen LogP contribution in [-0.2, 0) is 21.5 Å². The highest BCUT2D eigenvalue weighted by molar-refractivity contribution is 7.09. The molecule has 1 aliphatic rings. The summed E-state index contributed by atoms with van der Waals surface area (Å²) in [7, 11) is 1.48. The zero-order valence-corrected chi connectivity index (χ0v) is 14.4. The molecule has 5 heteroatoms. The molecule has 1 aromatic carbocycles. The van der Waals surface area contributed by atoms with Gasteiger partial charge in [0.15, 0.2) is 0 Å². The number of methoxy groups -OCH3 is 1. The Kier molecular flexibility index (Phi) is 4.78. The van der Waals surface area contributed by atoms with Gasteiger partial charge in [-0.25, -0.2) is 4.98 Å². The van der Waals surface area contributed by atoms with E-state index in [0.717, 1.165) is 48.7 Å². The van der Waals surface area contributed by atoms with Gasteiger partial charge in [-0.3, -0.25) is 9.69 Å². The molecular weight excluding hydrogens is 308 g/mol. The summed E-state index contributed by atoms with van der Waals surface area (Å²) in [6, 6.07) is 10.0. The van der Waals surface area contributed by atoms with Crippen LogP contribution in [0, 0.1) is 6.92 Å². The highest BCUT2D eigenvalue weighted by Crippen LogP contribution is 2.37. The summed E-state index contributed by atoms with van der Waals surface area (Å²) in [5.74, 6) is -0.118. The molecule has 122 valence electrons. The van der Waals surface area contributed by atoms with Gasteiger partial charge in [-0.2, -0.15) is 0 Å². The van der Waals surface area contributed by atoms with Crippen molar-refractivity contribution < 1.29 is 9.53 Å². The second-order valence-corrected chi connectivity index (χ2v) is 7.14. The van der Waals surface area contributed by atoms with Gasteiger partial charge in [-0.05, 0) is 38.4 Å². The fourth-order valence-electron chi connectivity index (χ4n) is 3.37. The standard InChI is InChI=1S/C18H22N2O2S/c1-14-19-16(13-23-14)12-20-10-8-18(9-11-20,17(21)22-2)15-6-4-3-5-7-15/h3-7,13H,8-12H2,1-2H3. The van der Waals surface area contributed by atoms with Gasteiger partial charge < -0.3 is 4.74 Å². The van der Waals surface area contributed by atoms with Crippen LogP contribution < -0.4 is 0 Å². The summed E-state index contributed by atoms with van der Waals surface area (Å²) in [4.78, 5) is 19.4. The molecule has 0 amide bonds. The molecule has 2 aromatic rings. The number of aryl methyl sites for hydroxylation is 1. The molecule has 0 bridgehead atoms. The van der Waals surface area contributed by atoms with Crippen LogP contribution in [0.3, 0.4) is 0 Å². The topological polar surface area (TPSA) is 42.4 Å². The van der Waals surface area contributed by atoms with Crippen LogP contribution >= 0.6 is 11.3 Å². The number of carbonyl (C=O) groups is 1. The number of thiazole rings is 1. The lowest BCUT2D eigenvalue weighted by Crippen LogP contribution is -2.47. The molecule has 1 aliphatic heterocycles. The summed E-state index contributed by atoms with van der Waals surface area (Å²) in [5.41, 5.74) is 1.68. The Hall–Kier alpha value is -1.72. The molecule has 1 aromatic heterocycles. The smallest absolute Gasteiger partial charge is 0.316 e. The van der Waals surface area contributed by atoms with E-state index in [1.807, 2.05) is 37.3 Å². The number of piperidine rings is 1. The van der Waals surface area contributed by atoms with E-state index in [4.69, 9.17) is 4.74 Å². The molecule has 1 fully saturated rings. The number of rotatable bonds is 4. The zero-order valence-electron chi connectivity index (χ0n) is 13.6. The first kappa shape index (κ1) is 16.1. The minimum absolute atomic E-state index is 0.118. The van der Waals surface area contributed by atoms with Crippen molar-refractivity contribution in [3.63, 3.8) is 0 Å². The number of likely N-dealkylation sites (tertiary alicyclic amines) is 1. The summed E-state index contributed by atoms with van der Waals surface area (Å²) >= 11 is 1.69. The SMILES string of the molecule is COC(=O)C1(c2ccccc2)CCN(Cc2csc(C)n2)CC1. The molecule has 0 N–H and O–H groups in total. The van der Waals surface area contributed by atoms with Gasteiger partial charge in [0, 0.05) is 11.9 Å². The van der Waals surface area contributed by atoms with Crippen molar-refractivity contribution in [1.82, 2.24) is 9.88 Å². The van der Waals surface area contributed by atoms with Gasteiger partial charge in [0.1, 0.15) is 0 Å². The molecule has 0 spiro atoms. The Morgan fingerprint density at radius 1 is 1.30 bits per heavy atom. The number of benzene rings is 1. The predicted molar refractivity (Wildman–Crippen MR) is 91.5 cm³/mol. The van der Waals surface area contributed by atoms with Crippen LogP contribution in [0.4, 0.5) is 0 Å². The Labute approximate surface area is 141 Å². The molecule has 0 atom stereocenters. The number of ether oxygens (including phenoxy) is 1. The molecule has 4 nitrogen and oxygen atoms in total. The van der Waals surface area contributed by atoms with Crippen molar-refractivity contribution in [2.75, 3.05) is 20.2 Å². The van der Waals surface area contributed by atoms with Crippen molar-refractivity contribution >= 4 is 17.3 Å². The molecule has 0 aliphatic carbocycles. The van der Waals surface area contributed by atoms with E-state index in [0.29, 0.717) is 0 Å². The van der Waals surface area contributed by atoms with Crippen LogP contribution in [0.25, 0.3) is 0 Å². The minimum Gasteiger partial charge on any atom is -0.468 e. The van der Waals surface area contributed by atoms with Gasteiger partial charge in [0.2, 0.25) is 0 Å². The Morgan fingerprint density at radius 2 is 2.00 bits per heavy atom.